The predicted octanol–water partition coefficient (Wildman–Crippen LogP) is 7.46. The minimum Gasteiger partial charge on any atom is -0.489 e. The highest BCUT2D eigenvalue weighted by Crippen LogP contribution is 2.29. The van der Waals surface area contributed by atoms with Crippen LogP contribution in [0.2, 0.25) is 5.02 Å². The van der Waals surface area contributed by atoms with E-state index in [1.807, 2.05) is 140 Å². The maximum absolute atomic E-state index is 14.5. The summed E-state index contributed by atoms with van der Waals surface area (Å²) in [7, 11) is 0. The molecule has 6 aromatic rings. The van der Waals surface area contributed by atoms with Gasteiger partial charge in [0, 0.05) is 42.3 Å². The van der Waals surface area contributed by atoms with Crippen LogP contribution in [-0.4, -0.2) is 51.9 Å². The van der Waals surface area contributed by atoms with Gasteiger partial charge in [-0.05, 0) is 46.0 Å². The molecule has 55 heavy (non-hydrogen) atoms. The van der Waals surface area contributed by atoms with Crippen molar-refractivity contribution in [2.24, 2.45) is 0 Å². The molecule has 280 valence electrons. The van der Waals surface area contributed by atoms with Gasteiger partial charge in [0.2, 0.25) is 11.8 Å². The fourth-order valence-corrected chi connectivity index (χ4v) is 6.37. The number of aromatic nitrogens is 2. The van der Waals surface area contributed by atoms with Gasteiger partial charge < -0.3 is 30.0 Å². The summed E-state index contributed by atoms with van der Waals surface area (Å²) in [5.41, 5.74) is 5.08. The van der Waals surface area contributed by atoms with Crippen molar-refractivity contribution in [3.05, 3.63) is 191 Å². The van der Waals surface area contributed by atoms with Gasteiger partial charge in [-0.1, -0.05) is 133 Å². The molecule has 2 atom stereocenters. The summed E-state index contributed by atoms with van der Waals surface area (Å²) in [6.45, 7) is 0.470. The van der Waals surface area contributed by atoms with E-state index >= 15 is 0 Å². The molecule has 3 N–H and O–H groups in total. The molecule has 1 unspecified atom stereocenters. The minimum absolute atomic E-state index is 0.0243. The molecule has 0 bridgehead atoms. The number of alkyl carbamates (subject to hydrolysis) is 1. The minimum atomic E-state index is -1.08. The van der Waals surface area contributed by atoms with Crippen LogP contribution < -0.4 is 15.4 Å². The van der Waals surface area contributed by atoms with Crippen molar-refractivity contribution in [1.82, 2.24) is 25.5 Å². The standard InChI is InChI=1S/C44H42ClN5O5/c45-40-19-11-10-18-38(40)39(35-16-8-3-9-17-35)26-47-42(51)28-50(27-32-20-22-37(23-21-32)54-29-33-12-4-1-5-13-33)43(52)41(24-36-25-46-31-48-36)49-44(53)55-30-34-14-6-2-7-15-34/h1-23,25,31,39,41H,24,26-30H2,(H,46,48)(H,47,51)(H,49,53)/t39?,41-/m0/s1. The number of nitrogens with one attached hydrogen (secondary N) is 3. The second-order valence-corrected chi connectivity index (χ2v) is 13.3. The smallest absolute Gasteiger partial charge is 0.408 e. The molecule has 6 rings (SSSR count). The van der Waals surface area contributed by atoms with Crippen molar-refractivity contribution in [2.75, 3.05) is 13.1 Å². The maximum Gasteiger partial charge on any atom is 0.408 e. The SMILES string of the molecule is O=C(CN(Cc1ccc(OCc2ccccc2)cc1)C(=O)[C@H](Cc1cnc[nH]1)NC(=O)OCc1ccccc1)NCC(c1ccccc1)c1ccccc1Cl. The Balaban J connectivity index is 1.20. The van der Waals surface area contributed by atoms with Gasteiger partial charge in [-0.3, -0.25) is 9.59 Å². The largest absolute Gasteiger partial charge is 0.489 e. The average Bonchev–Trinajstić information content (AvgIpc) is 3.74. The lowest BCUT2D eigenvalue weighted by molar-refractivity contribution is -0.138. The van der Waals surface area contributed by atoms with Crippen molar-refractivity contribution in [2.45, 2.75) is 38.1 Å². The highest BCUT2D eigenvalue weighted by Gasteiger charge is 2.29. The third-order valence-corrected chi connectivity index (χ3v) is 9.30. The van der Waals surface area contributed by atoms with E-state index in [9.17, 15) is 14.4 Å². The average molecular weight is 756 g/mol. The molecule has 0 fully saturated rings. The number of H-pyrrole nitrogens is 1. The molecule has 0 radical (unpaired) electrons. The number of aromatic amines is 1. The molecule has 0 saturated heterocycles. The van der Waals surface area contributed by atoms with E-state index in [1.54, 1.807) is 6.20 Å². The lowest BCUT2D eigenvalue weighted by Crippen LogP contribution is -2.52. The van der Waals surface area contributed by atoms with Gasteiger partial charge >= 0.3 is 6.09 Å². The molecule has 1 aromatic heterocycles. The van der Waals surface area contributed by atoms with Crippen molar-refractivity contribution in [1.29, 1.82) is 0 Å². The molecule has 1 heterocycles. The topological polar surface area (TPSA) is 126 Å². The quantitative estimate of drug-likeness (QED) is 0.0888. The number of ether oxygens (including phenoxy) is 2. The molecular formula is C44H42ClN5O5. The second-order valence-electron chi connectivity index (χ2n) is 12.9. The monoisotopic (exact) mass is 755 g/mol. The Labute approximate surface area is 325 Å². The summed E-state index contributed by atoms with van der Waals surface area (Å²) in [4.78, 5) is 49.9. The maximum atomic E-state index is 14.5. The summed E-state index contributed by atoms with van der Waals surface area (Å²) < 4.78 is 11.5. The molecule has 0 aliphatic heterocycles. The zero-order valence-corrected chi connectivity index (χ0v) is 30.9. The summed E-state index contributed by atoms with van der Waals surface area (Å²) >= 11 is 6.63. The molecule has 5 aromatic carbocycles. The van der Waals surface area contributed by atoms with Gasteiger partial charge in [-0.2, -0.15) is 0 Å². The van der Waals surface area contributed by atoms with Crippen LogP contribution in [0, 0.1) is 0 Å². The van der Waals surface area contributed by atoms with Crippen LogP contribution in [0.25, 0.3) is 0 Å². The van der Waals surface area contributed by atoms with Crippen LogP contribution in [-0.2, 0) is 40.5 Å². The first kappa shape index (κ1) is 38.3. The van der Waals surface area contributed by atoms with E-state index in [1.165, 1.54) is 11.2 Å². The Hall–Kier alpha value is -6.39. The highest BCUT2D eigenvalue weighted by atomic mass is 35.5. The number of nitrogens with zero attached hydrogens (tertiary/aromatic N) is 2. The first-order valence-corrected chi connectivity index (χ1v) is 18.3. The Morgan fingerprint density at radius 2 is 1.38 bits per heavy atom. The number of carbonyl (C=O) groups is 3. The van der Waals surface area contributed by atoms with E-state index in [0.717, 1.165) is 27.8 Å². The fourth-order valence-electron chi connectivity index (χ4n) is 6.10. The summed E-state index contributed by atoms with van der Waals surface area (Å²) in [6, 6.07) is 42.7. The van der Waals surface area contributed by atoms with Crippen molar-refractivity contribution >= 4 is 29.5 Å². The molecule has 0 saturated carbocycles. The fraction of sp³-hybridized carbons (Fsp3) is 0.182. The third-order valence-electron chi connectivity index (χ3n) is 8.96. The zero-order chi connectivity index (χ0) is 38.2. The predicted molar refractivity (Wildman–Crippen MR) is 211 cm³/mol. The molecule has 0 spiro atoms. The van der Waals surface area contributed by atoms with Crippen LogP contribution >= 0.6 is 11.6 Å². The van der Waals surface area contributed by atoms with E-state index in [4.69, 9.17) is 21.1 Å². The first-order chi connectivity index (χ1) is 26.9. The molecule has 0 aliphatic carbocycles. The van der Waals surface area contributed by atoms with Crippen molar-refractivity contribution < 1.29 is 23.9 Å². The lowest BCUT2D eigenvalue weighted by Gasteiger charge is -2.28. The molecule has 3 amide bonds. The molecular weight excluding hydrogens is 714 g/mol. The number of imidazole rings is 1. The van der Waals surface area contributed by atoms with Crippen LogP contribution in [0.5, 0.6) is 5.75 Å². The van der Waals surface area contributed by atoms with Crippen LogP contribution in [0.4, 0.5) is 4.79 Å². The highest BCUT2D eigenvalue weighted by molar-refractivity contribution is 6.31. The van der Waals surface area contributed by atoms with Crippen LogP contribution in [0.3, 0.4) is 0 Å². The zero-order valence-electron chi connectivity index (χ0n) is 30.1. The van der Waals surface area contributed by atoms with Gasteiger partial charge in [-0.15, -0.1) is 0 Å². The van der Waals surface area contributed by atoms with E-state index in [0.29, 0.717) is 23.1 Å². The number of rotatable bonds is 17. The number of hydrogen-bond acceptors (Lipinski definition) is 6. The lowest BCUT2D eigenvalue weighted by atomic mass is 9.91. The Kier molecular flexibility index (Phi) is 13.7. The van der Waals surface area contributed by atoms with E-state index in [-0.39, 0.29) is 44.5 Å². The van der Waals surface area contributed by atoms with Gasteiger partial charge in [0.25, 0.3) is 0 Å². The van der Waals surface area contributed by atoms with Crippen LogP contribution in [0.1, 0.15) is 39.4 Å². The summed E-state index contributed by atoms with van der Waals surface area (Å²) in [6.07, 6.45) is 2.41. The number of benzene rings is 5. The number of amides is 3. The molecule has 10 nitrogen and oxygen atoms in total. The Bertz CT molecular complexity index is 2100. The van der Waals surface area contributed by atoms with Crippen LogP contribution in [0.15, 0.2) is 152 Å². The number of carbonyl (C=O) groups excluding carboxylic acids is 3. The molecule has 0 aliphatic rings. The first-order valence-electron chi connectivity index (χ1n) is 18.0. The van der Waals surface area contributed by atoms with Gasteiger partial charge in [-0.25, -0.2) is 9.78 Å². The third kappa shape index (κ3) is 11.5. The number of hydrogen-bond donors (Lipinski definition) is 3. The summed E-state index contributed by atoms with van der Waals surface area (Å²) in [5.74, 6) is -0.428. The molecule has 11 heteroatoms. The van der Waals surface area contributed by atoms with Gasteiger partial charge in [0.1, 0.15) is 25.0 Å². The second kappa shape index (κ2) is 19.6. The van der Waals surface area contributed by atoms with Crippen molar-refractivity contribution in [3.63, 3.8) is 0 Å². The Morgan fingerprint density at radius 3 is 2.04 bits per heavy atom. The Morgan fingerprint density at radius 1 is 0.745 bits per heavy atom. The number of halogens is 1. The van der Waals surface area contributed by atoms with Crippen molar-refractivity contribution in [3.8, 4) is 5.75 Å². The van der Waals surface area contributed by atoms with Gasteiger partial charge in [0.05, 0.1) is 12.9 Å². The van der Waals surface area contributed by atoms with Gasteiger partial charge in [0.15, 0.2) is 0 Å². The normalized spacial score (nSPS) is 11.9. The summed E-state index contributed by atoms with van der Waals surface area (Å²) in [5, 5.41) is 6.37. The van der Waals surface area contributed by atoms with E-state index in [2.05, 4.69) is 20.6 Å². The van der Waals surface area contributed by atoms with E-state index < -0.39 is 18.0 Å².